The Hall–Kier alpha value is -1.23. The van der Waals surface area contributed by atoms with Crippen LogP contribution >= 0.6 is 0 Å². The van der Waals surface area contributed by atoms with Crippen molar-refractivity contribution < 1.29 is 0 Å². The second-order valence-electron chi connectivity index (χ2n) is 4.60. The first-order chi connectivity index (χ1) is 7.66. The number of rotatable bonds is 3. The van der Waals surface area contributed by atoms with E-state index in [2.05, 4.69) is 27.2 Å². The van der Waals surface area contributed by atoms with Crippen LogP contribution in [0.15, 0.2) is 0 Å². The van der Waals surface area contributed by atoms with Gasteiger partial charge < -0.3 is 20.9 Å². The Bertz CT molecular complexity index is 346. The highest BCUT2D eigenvalue weighted by molar-refractivity contribution is 5.56. The number of imidazole rings is 1. The van der Waals surface area contributed by atoms with E-state index in [0.717, 1.165) is 18.2 Å². The molecule has 1 saturated heterocycles. The molecule has 2 rings (SSSR count). The Morgan fingerprint density at radius 3 is 3.00 bits per heavy atom. The molecule has 1 aromatic rings. The molecule has 1 unspecified atom stereocenters. The molecule has 0 amide bonds. The molecular formula is C11H21N5. The molecule has 1 aliphatic rings. The molecule has 4 N–H and O–H groups in total. The normalized spacial score (nSPS) is 22.2. The summed E-state index contributed by atoms with van der Waals surface area (Å²) in [5, 5.41) is 3.32. The molecular weight excluding hydrogens is 202 g/mol. The Kier molecular flexibility index (Phi) is 3.33. The van der Waals surface area contributed by atoms with Gasteiger partial charge in [-0.1, -0.05) is 6.42 Å². The summed E-state index contributed by atoms with van der Waals surface area (Å²) in [6, 6.07) is 0.602. The van der Waals surface area contributed by atoms with E-state index < -0.39 is 0 Å². The van der Waals surface area contributed by atoms with Crippen molar-refractivity contribution in [2.75, 3.05) is 31.2 Å². The number of aryl methyl sites for hydroxylation is 1. The first kappa shape index (κ1) is 11.3. The van der Waals surface area contributed by atoms with Gasteiger partial charge in [0.05, 0.1) is 0 Å². The lowest BCUT2D eigenvalue weighted by atomic mass is 10.0. The zero-order valence-corrected chi connectivity index (χ0v) is 10.1. The molecule has 0 bridgehead atoms. The number of aromatic amines is 1. The largest absolute Gasteiger partial charge is 0.382 e. The van der Waals surface area contributed by atoms with Crippen molar-refractivity contribution in [3.63, 3.8) is 0 Å². The Morgan fingerprint density at radius 2 is 2.38 bits per heavy atom. The molecule has 2 heterocycles. The molecule has 0 aromatic carbocycles. The lowest BCUT2D eigenvalue weighted by Crippen LogP contribution is -2.40. The highest BCUT2D eigenvalue weighted by atomic mass is 15.2. The van der Waals surface area contributed by atoms with Gasteiger partial charge in [-0.15, -0.1) is 0 Å². The molecule has 5 nitrogen and oxygen atoms in total. The van der Waals surface area contributed by atoms with Gasteiger partial charge in [-0.25, -0.2) is 4.98 Å². The van der Waals surface area contributed by atoms with Gasteiger partial charge in [-0.05, 0) is 33.4 Å². The predicted octanol–water partition coefficient (Wildman–Crippen LogP) is 1.20. The van der Waals surface area contributed by atoms with Crippen LogP contribution in [0.5, 0.6) is 0 Å². The van der Waals surface area contributed by atoms with Gasteiger partial charge >= 0.3 is 0 Å². The topological polar surface area (TPSA) is 70.0 Å². The van der Waals surface area contributed by atoms with Gasteiger partial charge in [0, 0.05) is 12.6 Å². The zero-order chi connectivity index (χ0) is 11.5. The average molecular weight is 223 g/mol. The number of hydrogen-bond acceptors (Lipinski definition) is 4. The summed E-state index contributed by atoms with van der Waals surface area (Å²) in [4.78, 5) is 9.72. The number of H-pyrrole nitrogens is 1. The third-order valence-corrected chi connectivity index (χ3v) is 3.28. The Morgan fingerprint density at radius 1 is 1.56 bits per heavy atom. The fraction of sp³-hybridized carbons (Fsp3) is 0.727. The van der Waals surface area contributed by atoms with Crippen molar-refractivity contribution in [1.82, 2.24) is 14.9 Å². The summed E-state index contributed by atoms with van der Waals surface area (Å²) < 4.78 is 0. The SMILES string of the molecule is Cc1nc(NCC2CCCCN2C)c(N)[nH]1. The van der Waals surface area contributed by atoms with E-state index in [1.165, 1.54) is 25.8 Å². The lowest BCUT2D eigenvalue weighted by molar-refractivity contribution is 0.194. The van der Waals surface area contributed by atoms with Crippen LogP contribution < -0.4 is 11.1 Å². The predicted molar refractivity (Wildman–Crippen MR) is 66.5 cm³/mol. The standard InChI is InChI=1S/C11H21N5/c1-8-14-10(12)11(15-8)13-7-9-5-3-4-6-16(9)2/h9,13H,3-7,12H2,1-2H3,(H,14,15). The van der Waals surface area contributed by atoms with Crippen LogP contribution in [0.4, 0.5) is 11.6 Å². The van der Waals surface area contributed by atoms with Gasteiger partial charge in [0.2, 0.25) is 0 Å². The number of likely N-dealkylation sites (tertiary alicyclic amines) is 1. The van der Waals surface area contributed by atoms with Crippen molar-refractivity contribution in [2.24, 2.45) is 0 Å². The molecule has 5 heteroatoms. The van der Waals surface area contributed by atoms with E-state index in [-0.39, 0.29) is 0 Å². The number of likely N-dealkylation sites (N-methyl/N-ethyl adjacent to an activating group) is 1. The first-order valence-electron chi connectivity index (χ1n) is 5.93. The minimum atomic E-state index is 0.602. The average Bonchev–Trinajstić information content (AvgIpc) is 2.56. The minimum absolute atomic E-state index is 0.602. The Labute approximate surface area is 96.4 Å². The highest BCUT2D eigenvalue weighted by Crippen LogP contribution is 2.18. The van der Waals surface area contributed by atoms with E-state index in [1.54, 1.807) is 0 Å². The maximum absolute atomic E-state index is 5.80. The Balaban J connectivity index is 1.89. The van der Waals surface area contributed by atoms with Gasteiger partial charge in [0.25, 0.3) is 0 Å². The lowest BCUT2D eigenvalue weighted by Gasteiger charge is -2.32. The zero-order valence-electron chi connectivity index (χ0n) is 10.1. The van der Waals surface area contributed by atoms with Crippen molar-refractivity contribution in [1.29, 1.82) is 0 Å². The first-order valence-corrected chi connectivity index (χ1v) is 5.93. The van der Waals surface area contributed by atoms with E-state index in [9.17, 15) is 0 Å². The highest BCUT2D eigenvalue weighted by Gasteiger charge is 2.19. The van der Waals surface area contributed by atoms with Crippen molar-refractivity contribution in [2.45, 2.75) is 32.2 Å². The molecule has 1 fully saturated rings. The smallest absolute Gasteiger partial charge is 0.168 e. The summed E-state index contributed by atoms with van der Waals surface area (Å²) in [6.07, 6.45) is 3.90. The fourth-order valence-corrected chi connectivity index (χ4v) is 2.26. The summed E-state index contributed by atoms with van der Waals surface area (Å²) in [6.45, 7) is 4.03. The number of piperidine rings is 1. The van der Waals surface area contributed by atoms with Crippen LogP contribution in [0.1, 0.15) is 25.1 Å². The molecule has 1 aliphatic heterocycles. The van der Waals surface area contributed by atoms with Crippen molar-refractivity contribution >= 4 is 11.6 Å². The summed E-state index contributed by atoms with van der Waals surface area (Å²) in [5.74, 6) is 2.28. The molecule has 0 radical (unpaired) electrons. The number of hydrogen-bond donors (Lipinski definition) is 3. The molecule has 0 spiro atoms. The number of aromatic nitrogens is 2. The van der Waals surface area contributed by atoms with E-state index in [1.807, 2.05) is 6.92 Å². The van der Waals surface area contributed by atoms with E-state index in [4.69, 9.17) is 5.73 Å². The summed E-state index contributed by atoms with van der Waals surface area (Å²) in [7, 11) is 2.19. The van der Waals surface area contributed by atoms with Crippen LogP contribution in [0.25, 0.3) is 0 Å². The van der Waals surface area contributed by atoms with E-state index in [0.29, 0.717) is 11.9 Å². The molecule has 90 valence electrons. The molecule has 0 aliphatic carbocycles. The molecule has 0 saturated carbocycles. The third-order valence-electron chi connectivity index (χ3n) is 3.28. The maximum atomic E-state index is 5.80. The number of anilines is 2. The van der Waals surface area contributed by atoms with Crippen LogP contribution in [-0.4, -0.2) is 41.0 Å². The van der Waals surface area contributed by atoms with Crippen LogP contribution in [0.2, 0.25) is 0 Å². The number of nitrogens with zero attached hydrogens (tertiary/aromatic N) is 2. The van der Waals surface area contributed by atoms with Crippen LogP contribution in [-0.2, 0) is 0 Å². The molecule has 1 aromatic heterocycles. The van der Waals surface area contributed by atoms with Gasteiger partial charge in [-0.2, -0.15) is 0 Å². The number of nitrogens with one attached hydrogen (secondary N) is 2. The second-order valence-corrected chi connectivity index (χ2v) is 4.60. The maximum Gasteiger partial charge on any atom is 0.168 e. The van der Waals surface area contributed by atoms with Gasteiger partial charge in [-0.3, -0.25) is 0 Å². The molecule has 1 atom stereocenters. The van der Waals surface area contributed by atoms with Crippen LogP contribution in [0, 0.1) is 6.92 Å². The minimum Gasteiger partial charge on any atom is -0.382 e. The number of nitrogens with two attached hydrogens (primary N) is 1. The van der Waals surface area contributed by atoms with Crippen molar-refractivity contribution in [3.8, 4) is 0 Å². The summed E-state index contributed by atoms with van der Waals surface area (Å²) >= 11 is 0. The third kappa shape index (κ3) is 2.47. The summed E-state index contributed by atoms with van der Waals surface area (Å²) in [5.41, 5.74) is 5.80. The molecule has 16 heavy (non-hydrogen) atoms. The second kappa shape index (κ2) is 4.74. The van der Waals surface area contributed by atoms with Crippen molar-refractivity contribution in [3.05, 3.63) is 5.82 Å². The fourth-order valence-electron chi connectivity index (χ4n) is 2.26. The monoisotopic (exact) mass is 223 g/mol. The van der Waals surface area contributed by atoms with Gasteiger partial charge in [0.15, 0.2) is 5.82 Å². The number of nitrogen functional groups attached to an aromatic ring is 1. The van der Waals surface area contributed by atoms with E-state index >= 15 is 0 Å². The van der Waals surface area contributed by atoms with Gasteiger partial charge in [0.1, 0.15) is 11.6 Å². The quantitative estimate of drug-likeness (QED) is 0.720. The van der Waals surface area contributed by atoms with Crippen LogP contribution in [0.3, 0.4) is 0 Å².